The summed E-state index contributed by atoms with van der Waals surface area (Å²) in [5, 5.41) is 2.91. The molecule has 2 unspecified atom stereocenters. The van der Waals surface area contributed by atoms with Crippen molar-refractivity contribution in [3.8, 4) is 0 Å². The molecule has 6 nitrogen and oxygen atoms in total. The van der Waals surface area contributed by atoms with E-state index in [1.54, 1.807) is 0 Å². The first-order valence-corrected chi connectivity index (χ1v) is 8.43. The predicted octanol–water partition coefficient (Wildman–Crippen LogP) is 1.02. The van der Waals surface area contributed by atoms with Gasteiger partial charge in [0.15, 0.2) is 0 Å². The number of nitrogens with zero attached hydrogens (tertiary/aromatic N) is 2. The number of nitrogens with two attached hydrogens (primary N) is 1. The Morgan fingerprint density at radius 3 is 2.38 bits per heavy atom. The molecule has 2 amide bonds. The standard InChI is InChI=1S/C16H30N4O2.2ClH/c1-16(17)7-4-3-5-13(16)15(22)18-8-6-14(21)20-11-9-19(2)10-12-20;;/h13H,3-12,17H2,1-2H3,(H,18,22);2*1H. The molecular weight excluding hydrogens is 351 g/mol. The van der Waals surface area contributed by atoms with Gasteiger partial charge in [-0.3, -0.25) is 9.59 Å². The smallest absolute Gasteiger partial charge is 0.224 e. The molecule has 0 radical (unpaired) electrons. The molecule has 2 rings (SSSR count). The maximum Gasteiger partial charge on any atom is 0.224 e. The summed E-state index contributed by atoms with van der Waals surface area (Å²) in [5.74, 6) is 0.0171. The Hall–Kier alpha value is -0.560. The summed E-state index contributed by atoms with van der Waals surface area (Å²) >= 11 is 0. The van der Waals surface area contributed by atoms with E-state index in [9.17, 15) is 9.59 Å². The molecule has 142 valence electrons. The molecule has 1 saturated carbocycles. The molecule has 0 aromatic carbocycles. The van der Waals surface area contributed by atoms with E-state index in [0.717, 1.165) is 51.9 Å². The molecular formula is C16H32Cl2N4O2. The van der Waals surface area contributed by atoms with Crippen LogP contribution in [0.3, 0.4) is 0 Å². The number of likely N-dealkylation sites (N-methyl/N-ethyl adjacent to an activating group) is 1. The number of carbonyl (C=O) groups excluding carboxylic acids is 2. The van der Waals surface area contributed by atoms with E-state index in [4.69, 9.17) is 5.73 Å². The van der Waals surface area contributed by atoms with Crippen molar-refractivity contribution in [3.63, 3.8) is 0 Å². The van der Waals surface area contributed by atoms with Crippen molar-refractivity contribution in [1.82, 2.24) is 15.1 Å². The number of piperazine rings is 1. The SMILES string of the molecule is CN1CCN(C(=O)CCNC(=O)C2CCCCC2(C)N)CC1.Cl.Cl. The summed E-state index contributed by atoms with van der Waals surface area (Å²) < 4.78 is 0. The summed E-state index contributed by atoms with van der Waals surface area (Å²) in [6, 6.07) is 0. The molecule has 1 aliphatic heterocycles. The lowest BCUT2D eigenvalue weighted by atomic mass is 9.74. The summed E-state index contributed by atoms with van der Waals surface area (Å²) in [6.07, 6.45) is 4.28. The highest BCUT2D eigenvalue weighted by Gasteiger charge is 2.37. The number of hydrogen-bond donors (Lipinski definition) is 2. The number of amides is 2. The molecule has 2 aliphatic rings. The van der Waals surface area contributed by atoms with Crippen LogP contribution < -0.4 is 11.1 Å². The van der Waals surface area contributed by atoms with Gasteiger partial charge in [0.05, 0.1) is 5.92 Å². The number of halogens is 2. The van der Waals surface area contributed by atoms with Gasteiger partial charge in [-0.1, -0.05) is 12.8 Å². The van der Waals surface area contributed by atoms with Gasteiger partial charge in [-0.25, -0.2) is 0 Å². The second-order valence-electron chi connectivity index (χ2n) is 7.03. The third-order valence-electron chi connectivity index (χ3n) is 5.06. The molecule has 8 heteroatoms. The van der Waals surface area contributed by atoms with E-state index >= 15 is 0 Å². The van der Waals surface area contributed by atoms with Crippen molar-refractivity contribution in [1.29, 1.82) is 0 Å². The molecule has 1 heterocycles. The van der Waals surface area contributed by atoms with Crippen LogP contribution in [0.5, 0.6) is 0 Å². The number of carbonyl (C=O) groups is 2. The second-order valence-corrected chi connectivity index (χ2v) is 7.03. The first-order chi connectivity index (χ1) is 10.4. The fourth-order valence-electron chi connectivity index (χ4n) is 3.42. The van der Waals surface area contributed by atoms with Gasteiger partial charge in [0.2, 0.25) is 11.8 Å². The zero-order valence-corrected chi connectivity index (χ0v) is 16.4. The van der Waals surface area contributed by atoms with Gasteiger partial charge in [-0.05, 0) is 26.8 Å². The lowest BCUT2D eigenvalue weighted by Crippen LogP contribution is -2.53. The largest absolute Gasteiger partial charge is 0.355 e. The summed E-state index contributed by atoms with van der Waals surface area (Å²) in [7, 11) is 2.07. The van der Waals surface area contributed by atoms with Crippen molar-refractivity contribution < 1.29 is 9.59 Å². The third kappa shape index (κ3) is 6.39. The van der Waals surface area contributed by atoms with Crippen LogP contribution in [0.25, 0.3) is 0 Å². The van der Waals surface area contributed by atoms with Gasteiger partial charge < -0.3 is 20.9 Å². The van der Waals surface area contributed by atoms with Crippen molar-refractivity contribution in [2.24, 2.45) is 11.7 Å². The Morgan fingerprint density at radius 2 is 1.79 bits per heavy atom. The Labute approximate surface area is 157 Å². The van der Waals surface area contributed by atoms with Gasteiger partial charge >= 0.3 is 0 Å². The minimum absolute atomic E-state index is 0. The molecule has 0 aromatic rings. The van der Waals surface area contributed by atoms with E-state index in [0.29, 0.717) is 13.0 Å². The van der Waals surface area contributed by atoms with Crippen LogP contribution in [0.15, 0.2) is 0 Å². The van der Waals surface area contributed by atoms with Gasteiger partial charge in [-0.2, -0.15) is 0 Å². The quantitative estimate of drug-likeness (QED) is 0.760. The predicted molar refractivity (Wildman–Crippen MR) is 101 cm³/mol. The van der Waals surface area contributed by atoms with Gasteiger partial charge in [0.1, 0.15) is 0 Å². The van der Waals surface area contributed by atoms with Gasteiger partial charge in [-0.15, -0.1) is 24.8 Å². The second kappa shape index (κ2) is 10.4. The molecule has 2 atom stereocenters. The zero-order chi connectivity index (χ0) is 16.2. The number of rotatable bonds is 4. The Bertz CT molecular complexity index is 413. The first kappa shape index (κ1) is 23.4. The van der Waals surface area contributed by atoms with Crippen LogP contribution in [0.4, 0.5) is 0 Å². The molecule has 0 bridgehead atoms. The van der Waals surface area contributed by atoms with Crippen molar-refractivity contribution in [3.05, 3.63) is 0 Å². The fraction of sp³-hybridized carbons (Fsp3) is 0.875. The van der Waals surface area contributed by atoms with Gasteiger partial charge in [0, 0.05) is 44.7 Å². The molecule has 2 fully saturated rings. The first-order valence-electron chi connectivity index (χ1n) is 8.43. The van der Waals surface area contributed by atoms with Crippen LogP contribution in [0.1, 0.15) is 39.0 Å². The average molecular weight is 383 g/mol. The van der Waals surface area contributed by atoms with Crippen molar-refractivity contribution in [2.75, 3.05) is 39.8 Å². The monoisotopic (exact) mass is 382 g/mol. The Balaban J connectivity index is 0.00000264. The highest BCUT2D eigenvalue weighted by atomic mass is 35.5. The van der Waals surface area contributed by atoms with E-state index in [1.807, 2.05) is 11.8 Å². The number of nitrogens with one attached hydrogen (secondary N) is 1. The zero-order valence-electron chi connectivity index (χ0n) is 14.8. The highest BCUT2D eigenvalue weighted by molar-refractivity contribution is 5.85. The van der Waals surface area contributed by atoms with Crippen LogP contribution in [0.2, 0.25) is 0 Å². The van der Waals surface area contributed by atoms with E-state index < -0.39 is 5.54 Å². The maximum absolute atomic E-state index is 12.3. The molecule has 1 aliphatic carbocycles. The van der Waals surface area contributed by atoms with Crippen molar-refractivity contribution >= 4 is 36.6 Å². The maximum atomic E-state index is 12.3. The summed E-state index contributed by atoms with van der Waals surface area (Å²) in [5.41, 5.74) is 5.83. The summed E-state index contributed by atoms with van der Waals surface area (Å²) in [6.45, 7) is 5.79. The normalized spacial score (nSPS) is 27.6. The minimum Gasteiger partial charge on any atom is -0.355 e. The van der Waals surface area contributed by atoms with E-state index in [1.165, 1.54) is 0 Å². The molecule has 3 N–H and O–H groups in total. The molecule has 24 heavy (non-hydrogen) atoms. The fourth-order valence-corrected chi connectivity index (χ4v) is 3.42. The highest BCUT2D eigenvalue weighted by Crippen LogP contribution is 2.31. The lowest BCUT2D eigenvalue weighted by Gasteiger charge is -2.37. The van der Waals surface area contributed by atoms with Crippen LogP contribution in [-0.4, -0.2) is 66.9 Å². The van der Waals surface area contributed by atoms with Gasteiger partial charge in [0.25, 0.3) is 0 Å². The van der Waals surface area contributed by atoms with Crippen LogP contribution >= 0.6 is 24.8 Å². The Kier molecular flexibility index (Phi) is 10.2. The molecule has 0 spiro atoms. The number of hydrogen-bond acceptors (Lipinski definition) is 4. The third-order valence-corrected chi connectivity index (χ3v) is 5.06. The van der Waals surface area contributed by atoms with E-state index in [2.05, 4.69) is 17.3 Å². The minimum atomic E-state index is -0.413. The Morgan fingerprint density at radius 1 is 1.17 bits per heavy atom. The topological polar surface area (TPSA) is 78.7 Å². The molecule has 1 saturated heterocycles. The van der Waals surface area contributed by atoms with E-state index in [-0.39, 0.29) is 42.5 Å². The molecule has 0 aromatic heterocycles. The lowest BCUT2D eigenvalue weighted by molar-refractivity contribution is -0.133. The van der Waals surface area contributed by atoms with Crippen LogP contribution in [-0.2, 0) is 9.59 Å². The summed E-state index contributed by atoms with van der Waals surface area (Å²) in [4.78, 5) is 28.5. The van der Waals surface area contributed by atoms with Crippen molar-refractivity contribution in [2.45, 2.75) is 44.6 Å². The van der Waals surface area contributed by atoms with Crippen LogP contribution in [0, 0.1) is 5.92 Å². The average Bonchev–Trinajstić information content (AvgIpc) is 2.47.